The predicted octanol–water partition coefficient (Wildman–Crippen LogP) is 7.92. The van der Waals surface area contributed by atoms with Gasteiger partial charge in [-0.25, -0.2) is 31.1 Å². The van der Waals surface area contributed by atoms with Crippen molar-refractivity contribution >= 4 is 51.2 Å². The van der Waals surface area contributed by atoms with Crippen molar-refractivity contribution in [3.05, 3.63) is 113 Å². The van der Waals surface area contributed by atoms with Crippen LogP contribution in [0.3, 0.4) is 0 Å². The van der Waals surface area contributed by atoms with E-state index >= 15 is 13.2 Å². The second kappa shape index (κ2) is 18.3. The van der Waals surface area contributed by atoms with Gasteiger partial charge in [-0.05, 0) is 124 Å². The van der Waals surface area contributed by atoms with Gasteiger partial charge in [0.1, 0.15) is 23.5 Å². The second-order valence-corrected chi connectivity index (χ2v) is 18.4. The Labute approximate surface area is 365 Å². The molecule has 6 heterocycles. The number of fused-ring (bicyclic) bond motifs is 1. The molecule has 3 aromatic carbocycles. The highest BCUT2D eigenvalue weighted by Crippen LogP contribution is 2.35. The fraction of sp³-hybridized carbons (Fsp3) is 0.404. The quantitative estimate of drug-likeness (QED) is 0.0660. The van der Waals surface area contributed by atoms with E-state index in [9.17, 15) is 23.0 Å². The van der Waals surface area contributed by atoms with Gasteiger partial charge in [0.2, 0.25) is 17.6 Å². The highest BCUT2D eigenvalue weighted by atomic mass is 32.2. The number of benzene rings is 3. The van der Waals surface area contributed by atoms with E-state index in [0.29, 0.717) is 28.9 Å². The zero-order chi connectivity index (χ0) is 43.8. The van der Waals surface area contributed by atoms with Crippen molar-refractivity contribution in [2.45, 2.75) is 69.4 Å². The number of alkyl halides is 1. The lowest BCUT2D eigenvalue weighted by Crippen LogP contribution is -2.39. The predicted molar refractivity (Wildman–Crippen MR) is 234 cm³/mol. The summed E-state index contributed by atoms with van der Waals surface area (Å²) in [6, 6.07) is 17.2. The van der Waals surface area contributed by atoms with Gasteiger partial charge in [-0.15, -0.1) is 0 Å². The smallest absolute Gasteiger partial charge is 0.234 e. The molecule has 4 aliphatic heterocycles. The molecule has 11 nitrogen and oxygen atoms in total. The van der Waals surface area contributed by atoms with Crippen LogP contribution in [0.5, 0.6) is 0 Å². The van der Waals surface area contributed by atoms with Crippen molar-refractivity contribution < 1.29 is 36.2 Å². The molecule has 2 amide bonds. The Hall–Kier alpha value is -5.45. The number of nitrogens with one attached hydrogen (secondary N) is 3. The third-order valence-electron chi connectivity index (χ3n) is 13.4. The molecule has 3 atom stereocenters. The van der Waals surface area contributed by atoms with Crippen molar-refractivity contribution in [2.75, 3.05) is 55.4 Å². The topological polar surface area (TPSA) is 131 Å². The van der Waals surface area contributed by atoms with Gasteiger partial charge in [0.05, 0.1) is 17.2 Å². The van der Waals surface area contributed by atoms with Gasteiger partial charge in [0.25, 0.3) is 0 Å². The summed E-state index contributed by atoms with van der Waals surface area (Å²) in [7, 11) is 0. The lowest BCUT2D eigenvalue weighted by Gasteiger charge is -2.36. The Bertz CT molecular complexity index is 2560. The van der Waals surface area contributed by atoms with E-state index < -0.39 is 52.1 Å². The maximum Gasteiger partial charge on any atom is 0.234 e. The van der Waals surface area contributed by atoms with Crippen LogP contribution in [0.1, 0.15) is 90.3 Å². The van der Waals surface area contributed by atoms with Crippen molar-refractivity contribution in [1.29, 1.82) is 0 Å². The van der Waals surface area contributed by atoms with E-state index in [0.717, 1.165) is 99.3 Å². The molecular weight excluding hydrogens is 835 g/mol. The normalized spacial score (nSPS) is 21.2. The average molecular weight is 884 g/mol. The first-order valence-corrected chi connectivity index (χ1v) is 22.9. The molecule has 4 fully saturated rings. The van der Waals surface area contributed by atoms with Gasteiger partial charge < -0.3 is 14.8 Å². The van der Waals surface area contributed by atoms with Crippen molar-refractivity contribution in [1.82, 2.24) is 24.5 Å². The molecule has 4 aliphatic rings. The van der Waals surface area contributed by atoms with Crippen LogP contribution in [0.25, 0.3) is 22.2 Å². The third kappa shape index (κ3) is 9.16. The number of ketones is 1. The minimum absolute atomic E-state index is 0.0338. The minimum atomic E-state index is -1.98. The van der Waals surface area contributed by atoms with Crippen molar-refractivity contribution in [3.63, 3.8) is 0 Å². The fourth-order valence-corrected chi connectivity index (χ4v) is 10.6. The molecule has 0 bridgehead atoms. The summed E-state index contributed by atoms with van der Waals surface area (Å²) in [5.74, 6) is -3.97. The maximum atomic E-state index is 15.7. The molecule has 9 rings (SSSR count). The van der Waals surface area contributed by atoms with Gasteiger partial charge in [-0.2, -0.15) is 0 Å². The number of aromatic amines is 1. The molecule has 16 heteroatoms. The maximum absolute atomic E-state index is 15.7. The molecule has 0 saturated carbocycles. The highest BCUT2D eigenvalue weighted by molar-refractivity contribution is 7.84. The van der Waals surface area contributed by atoms with Gasteiger partial charge >= 0.3 is 0 Å². The van der Waals surface area contributed by atoms with Gasteiger partial charge in [-0.1, -0.05) is 24.3 Å². The Morgan fingerprint density at radius 3 is 2.35 bits per heavy atom. The van der Waals surface area contributed by atoms with Gasteiger partial charge in [0.15, 0.2) is 17.0 Å². The van der Waals surface area contributed by atoms with Crippen LogP contribution in [0.15, 0.2) is 73.1 Å². The zero-order valence-electron chi connectivity index (χ0n) is 34.7. The number of halogens is 4. The van der Waals surface area contributed by atoms with Crippen LogP contribution in [0.4, 0.5) is 28.9 Å². The number of hydrogen-bond donors (Lipinski definition) is 3. The highest BCUT2D eigenvalue weighted by Gasteiger charge is 2.32. The Morgan fingerprint density at radius 2 is 1.63 bits per heavy atom. The summed E-state index contributed by atoms with van der Waals surface area (Å²) in [5, 5.41) is 2.72. The van der Waals surface area contributed by atoms with Crippen LogP contribution in [-0.2, 0) is 20.8 Å². The van der Waals surface area contributed by atoms with Crippen molar-refractivity contribution in [3.8, 4) is 11.1 Å². The number of amides is 2. The molecule has 2 aromatic heterocycles. The molecule has 3 unspecified atom stereocenters. The van der Waals surface area contributed by atoms with E-state index in [-0.39, 0.29) is 54.8 Å². The van der Waals surface area contributed by atoms with Crippen LogP contribution < -0.4 is 14.9 Å². The van der Waals surface area contributed by atoms with Crippen LogP contribution in [0.2, 0.25) is 0 Å². The number of anilines is 2. The SMILES string of the molecule is O=C1CCC(c2ccc(C3CCN(CCC4CCN(c5ccc(-c6cnc7[nH]cc(C(=O)c8c(F)ccc(NS(=O)N9CCC(F)C9)c8F)c7c6)cc5)CC4)CC3)cc2F)C(=O)N1. The fourth-order valence-electron chi connectivity index (χ4n) is 9.59. The van der Waals surface area contributed by atoms with E-state index in [4.69, 9.17) is 0 Å². The van der Waals surface area contributed by atoms with Gasteiger partial charge in [-0.3, -0.25) is 24.4 Å². The number of carbonyl (C=O) groups excluding carboxylic acids is 3. The van der Waals surface area contributed by atoms with Crippen LogP contribution >= 0.6 is 0 Å². The lowest BCUT2D eigenvalue weighted by atomic mass is 9.85. The Kier molecular flexibility index (Phi) is 12.5. The number of aromatic nitrogens is 2. The molecule has 0 aliphatic carbocycles. The number of rotatable bonds is 12. The summed E-state index contributed by atoms with van der Waals surface area (Å²) < 4.78 is 76.1. The molecule has 330 valence electrons. The van der Waals surface area contributed by atoms with Crippen LogP contribution in [0, 0.1) is 23.4 Å². The average Bonchev–Trinajstić information content (AvgIpc) is 3.93. The number of H-pyrrole nitrogens is 1. The largest absolute Gasteiger partial charge is 0.372 e. The molecule has 5 aromatic rings. The molecule has 0 radical (unpaired) electrons. The summed E-state index contributed by atoms with van der Waals surface area (Å²) in [6.07, 6.45) is 7.92. The Balaban J connectivity index is 0.766. The van der Waals surface area contributed by atoms with E-state index in [1.165, 1.54) is 10.5 Å². The minimum Gasteiger partial charge on any atom is -0.372 e. The number of likely N-dealkylation sites (tertiary alicyclic amines) is 1. The number of carbonyl (C=O) groups is 3. The van der Waals surface area contributed by atoms with E-state index in [1.54, 1.807) is 24.4 Å². The molecule has 63 heavy (non-hydrogen) atoms. The number of nitrogens with zero attached hydrogens (tertiary/aromatic N) is 4. The monoisotopic (exact) mass is 883 g/mol. The standard InChI is InChI=1S/C47H49F4N7O4S/c48-33-16-22-58(27-33)63(62)55-41-9-8-39(49)43(44(41)51)45(60)38-26-53-46-37(38)23-32(25-52-46)29-1-4-34(5-2-29)57-20-12-28(13-21-57)11-17-56-18-14-30(15-19-56)31-3-6-35(40(50)24-31)36-7-10-42(59)54-47(36)61/h1-6,8-9,23-26,28,30,33,36,55H,7,10-22,27H2,(H,52,53)(H,54,59,61). The third-order valence-corrected chi connectivity index (χ3v) is 14.5. The molecule has 4 saturated heterocycles. The number of hydrogen-bond acceptors (Lipinski definition) is 7. The molecule has 0 spiro atoms. The van der Waals surface area contributed by atoms with Gasteiger partial charge in [0, 0.05) is 72.8 Å². The van der Waals surface area contributed by atoms with E-state index in [1.807, 2.05) is 18.2 Å². The lowest BCUT2D eigenvalue weighted by molar-refractivity contribution is -0.134. The number of piperidine rings is 3. The zero-order valence-corrected chi connectivity index (χ0v) is 35.5. The second-order valence-electron chi connectivity index (χ2n) is 17.2. The van der Waals surface area contributed by atoms with Crippen molar-refractivity contribution in [2.24, 2.45) is 5.92 Å². The first-order chi connectivity index (χ1) is 30.5. The summed E-state index contributed by atoms with van der Waals surface area (Å²) in [4.78, 5) is 49.9. The van der Waals surface area contributed by atoms with Crippen LogP contribution in [-0.4, -0.2) is 93.0 Å². The summed E-state index contributed by atoms with van der Waals surface area (Å²) >= 11 is -1.98. The number of imide groups is 1. The first-order valence-electron chi connectivity index (χ1n) is 21.8. The first kappa shape index (κ1) is 42.8. The summed E-state index contributed by atoms with van der Waals surface area (Å²) in [6.45, 7) is 5.01. The molecule has 3 N–H and O–H groups in total. The van der Waals surface area contributed by atoms with E-state index in [2.05, 4.69) is 41.9 Å². The molecular formula is C47H49F4N7O4S. The Morgan fingerprint density at radius 1 is 0.857 bits per heavy atom. The number of pyridine rings is 1. The summed E-state index contributed by atoms with van der Waals surface area (Å²) in [5.41, 5.74) is 3.33.